The van der Waals surface area contributed by atoms with E-state index in [0.717, 1.165) is 17.8 Å². The summed E-state index contributed by atoms with van der Waals surface area (Å²) in [5, 5.41) is 0. The first-order valence-corrected chi connectivity index (χ1v) is 4.71. The van der Waals surface area contributed by atoms with Crippen LogP contribution in [0.3, 0.4) is 0 Å². The van der Waals surface area contributed by atoms with Gasteiger partial charge in [0, 0.05) is 23.3 Å². The zero-order chi connectivity index (χ0) is 9.84. The molecule has 2 unspecified atom stereocenters. The Hall–Kier alpha value is -0.960. The molecule has 0 aliphatic carbocycles. The molecule has 0 aromatic carbocycles. The van der Waals surface area contributed by atoms with E-state index in [0.29, 0.717) is 5.92 Å². The summed E-state index contributed by atoms with van der Waals surface area (Å²) in [7, 11) is 0. The number of nitrogens with zero attached hydrogens (tertiary/aromatic N) is 2. The average Bonchev–Trinajstić information content (AvgIpc) is 2.16. The van der Waals surface area contributed by atoms with Crippen LogP contribution >= 0.6 is 0 Å². The molecule has 0 saturated carbocycles. The van der Waals surface area contributed by atoms with Gasteiger partial charge in [-0.2, -0.15) is 0 Å². The molecule has 0 aliphatic rings. The molecule has 0 bridgehead atoms. The van der Waals surface area contributed by atoms with Crippen molar-refractivity contribution < 1.29 is 0 Å². The standard InChI is InChI=1S/C10H17N3/c1-4-9-5-10(13-6-12-9)7(2)8(3)11/h5-8H,4,11H2,1-3H3. The number of rotatable bonds is 3. The largest absolute Gasteiger partial charge is 0.327 e. The summed E-state index contributed by atoms with van der Waals surface area (Å²) < 4.78 is 0. The molecule has 0 amide bonds. The Labute approximate surface area is 79.4 Å². The number of aromatic nitrogens is 2. The Balaban J connectivity index is 2.88. The number of hydrogen-bond donors (Lipinski definition) is 1. The fraction of sp³-hybridized carbons (Fsp3) is 0.600. The van der Waals surface area contributed by atoms with Crippen LogP contribution in [-0.4, -0.2) is 16.0 Å². The molecule has 13 heavy (non-hydrogen) atoms. The van der Waals surface area contributed by atoms with Crippen molar-refractivity contribution in [2.75, 3.05) is 0 Å². The molecule has 2 N–H and O–H groups in total. The highest BCUT2D eigenvalue weighted by Gasteiger charge is 2.11. The van der Waals surface area contributed by atoms with Crippen LogP contribution in [0.15, 0.2) is 12.4 Å². The second-order valence-corrected chi connectivity index (χ2v) is 3.44. The Morgan fingerprint density at radius 3 is 2.62 bits per heavy atom. The molecule has 72 valence electrons. The summed E-state index contributed by atoms with van der Waals surface area (Å²) in [5.74, 6) is 0.299. The molecule has 1 heterocycles. The maximum absolute atomic E-state index is 5.80. The minimum Gasteiger partial charge on any atom is -0.327 e. The average molecular weight is 179 g/mol. The molecule has 0 fully saturated rings. The van der Waals surface area contributed by atoms with Gasteiger partial charge in [-0.25, -0.2) is 9.97 Å². The number of nitrogens with two attached hydrogens (primary N) is 1. The zero-order valence-corrected chi connectivity index (χ0v) is 8.49. The molecule has 0 aliphatic heterocycles. The van der Waals surface area contributed by atoms with Gasteiger partial charge >= 0.3 is 0 Å². The van der Waals surface area contributed by atoms with Crippen LogP contribution in [-0.2, 0) is 6.42 Å². The molecule has 3 nitrogen and oxygen atoms in total. The first-order valence-electron chi connectivity index (χ1n) is 4.71. The van der Waals surface area contributed by atoms with Gasteiger partial charge in [0.1, 0.15) is 6.33 Å². The maximum Gasteiger partial charge on any atom is 0.115 e. The lowest BCUT2D eigenvalue weighted by molar-refractivity contribution is 0.595. The van der Waals surface area contributed by atoms with Gasteiger partial charge in [0.15, 0.2) is 0 Å². The molecule has 1 aromatic heterocycles. The highest BCUT2D eigenvalue weighted by molar-refractivity contribution is 5.13. The van der Waals surface area contributed by atoms with E-state index in [1.54, 1.807) is 6.33 Å². The Kier molecular flexibility index (Phi) is 3.37. The zero-order valence-electron chi connectivity index (χ0n) is 8.49. The molecule has 0 radical (unpaired) electrons. The van der Waals surface area contributed by atoms with E-state index in [-0.39, 0.29) is 6.04 Å². The van der Waals surface area contributed by atoms with E-state index < -0.39 is 0 Å². The third kappa shape index (κ3) is 2.49. The van der Waals surface area contributed by atoms with Crippen molar-refractivity contribution in [3.63, 3.8) is 0 Å². The topological polar surface area (TPSA) is 51.8 Å². The van der Waals surface area contributed by atoms with Crippen LogP contribution in [0.1, 0.15) is 38.1 Å². The van der Waals surface area contributed by atoms with Gasteiger partial charge in [-0.1, -0.05) is 13.8 Å². The normalized spacial score (nSPS) is 15.4. The van der Waals surface area contributed by atoms with Crippen molar-refractivity contribution in [2.45, 2.75) is 39.2 Å². The van der Waals surface area contributed by atoms with Gasteiger partial charge in [-0.05, 0) is 19.4 Å². The minimum atomic E-state index is 0.139. The quantitative estimate of drug-likeness (QED) is 0.764. The van der Waals surface area contributed by atoms with Crippen molar-refractivity contribution in [3.8, 4) is 0 Å². The predicted octanol–water partition coefficient (Wildman–Crippen LogP) is 1.49. The highest BCUT2D eigenvalue weighted by atomic mass is 14.8. The first-order chi connectivity index (χ1) is 6.15. The fourth-order valence-corrected chi connectivity index (χ4v) is 1.13. The van der Waals surface area contributed by atoms with Crippen molar-refractivity contribution >= 4 is 0 Å². The van der Waals surface area contributed by atoms with Gasteiger partial charge in [0.2, 0.25) is 0 Å². The second-order valence-electron chi connectivity index (χ2n) is 3.44. The van der Waals surface area contributed by atoms with Crippen molar-refractivity contribution in [2.24, 2.45) is 5.73 Å². The summed E-state index contributed by atoms with van der Waals surface area (Å²) in [5.41, 5.74) is 7.92. The van der Waals surface area contributed by atoms with Crippen LogP contribution in [0.25, 0.3) is 0 Å². The number of hydrogen-bond acceptors (Lipinski definition) is 3. The van der Waals surface area contributed by atoms with Crippen LogP contribution < -0.4 is 5.73 Å². The summed E-state index contributed by atoms with van der Waals surface area (Å²) in [6.45, 7) is 6.17. The van der Waals surface area contributed by atoms with Gasteiger partial charge in [0.05, 0.1) is 0 Å². The van der Waals surface area contributed by atoms with E-state index in [2.05, 4.69) is 23.8 Å². The van der Waals surface area contributed by atoms with Gasteiger partial charge in [-0.15, -0.1) is 0 Å². The smallest absolute Gasteiger partial charge is 0.115 e. The highest BCUT2D eigenvalue weighted by Crippen LogP contribution is 2.15. The Bertz CT molecular complexity index is 271. The summed E-state index contributed by atoms with van der Waals surface area (Å²) >= 11 is 0. The molecule has 3 heteroatoms. The summed E-state index contributed by atoms with van der Waals surface area (Å²) in [6, 6.07) is 2.17. The SMILES string of the molecule is CCc1cc(C(C)C(C)N)ncn1. The van der Waals surface area contributed by atoms with Crippen molar-refractivity contribution in [1.82, 2.24) is 9.97 Å². The van der Waals surface area contributed by atoms with E-state index in [4.69, 9.17) is 5.73 Å². The first kappa shape index (κ1) is 10.1. The third-order valence-electron chi connectivity index (χ3n) is 2.36. The van der Waals surface area contributed by atoms with Crippen LogP contribution in [0.5, 0.6) is 0 Å². The lowest BCUT2D eigenvalue weighted by Gasteiger charge is -2.14. The van der Waals surface area contributed by atoms with Crippen LogP contribution in [0, 0.1) is 0 Å². The molecular weight excluding hydrogens is 162 g/mol. The Morgan fingerprint density at radius 1 is 1.38 bits per heavy atom. The van der Waals surface area contributed by atoms with Crippen LogP contribution in [0.2, 0.25) is 0 Å². The summed E-state index contributed by atoms with van der Waals surface area (Å²) in [6.07, 6.45) is 2.56. The minimum absolute atomic E-state index is 0.139. The van der Waals surface area contributed by atoms with Gasteiger partial charge < -0.3 is 5.73 Å². The van der Waals surface area contributed by atoms with Crippen molar-refractivity contribution in [1.29, 1.82) is 0 Å². The molecular formula is C10H17N3. The summed E-state index contributed by atoms with van der Waals surface area (Å²) in [4.78, 5) is 8.37. The number of aryl methyl sites for hydroxylation is 1. The van der Waals surface area contributed by atoms with E-state index >= 15 is 0 Å². The monoisotopic (exact) mass is 179 g/mol. The third-order valence-corrected chi connectivity index (χ3v) is 2.36. The lowest BCUT2D eigenvalue weighted by atomic mass is 10.00. The molecule has 1 rings (SSSR count). The Morgan fingerprint density at radius 2 is 2.08 bits per heavy atom. The second kappa shape index (κ2) is 4.33. The van der Waals surface area contributed by atoms with Crippen molar-refractivity contribution in [3.05, 3.63) is 23.8 Å². The lowest BCUT2D eigenvalue weighted by Crippen LogP contribution is -2.23. The molecule has 1 aromatic rings. The molecule has 0 saturated heterocycles. The molecule has 0 spiro atoms. The van der Waals surface area contributed by atoms with E-state index in [9.17, 15) is 0 Å². The van der Waals surface area contributed by atoms with Gasteiger partial charge in [-0.3, -0.25) is 0 Å². The van der Waals surface area contributed by atoms with E-state index in [1.165, 1.54) is 0 Å². The molecule has 2 atom stereocenters. The fourth-order valence-electron chi connectivity index (χ4n) is 1.13. The maximum atomic E-state index is 5.80. The van der Waals surface area contributed by atoms with Gasteiger partial charge in [0.25, 0.3) is 0 Å². The van der Waals surface area contributed by atoms with Crippen LogP contribution in [0.4, 0.5) is 0 Å². The predicted molar refractivity (Wildman–Crippen MR) is 53.5 cm³/mol. The van der Waals surface area contributed by atoms with E-state index in [1.807, 2.05) is 13.0 Å².